The normalized spacial score (nSPS) is 10.3. The molecule has 0 saturated heterocycles. The van der Waals surface area contributed by atoms with E-state index in [1.807, 2.05) is 6.07 Å². The molecule has 0 amide bonds. The molecule has 0 spiro atoms. The second-order valence-electron chi connectivity index (χ2n) is 4.74. The van der Waals surface area contributed by atoms with Crippen molar-refractivity contribution in [3.8, 4) is 10.4 Å². The van der Waals surface area contributed by atoms with Crippen LogP contribution in [-0.4, -0.2) is 0 Å². The molecule has 0 fully saturated rings. The number of hydrogen-bond acceptors (Lipinski definition) is 1. The van der Waals surface area contributed by atoms with Gasteiger partial charge in [0.05, 0.1) is 0 Å². The van der Waals surface area contributed by atoms with Crippen LogP contribution in [0.5, 0.6) is 0 Å². The predicted octanol–water partition coefficient (Wildman–Crippen LogP) is 1.97. The SMILES string of the molecule is CC(C)(C)c1[c-]sc(-c2ccccc2)c1.[CH3-].[K+]. The number of thiophene rings is 1. The molecule has 0 atom stereocenters. The molecule has 1 aromatic heterocycles. The minimum atomic E-state index is 0. The predicted molar refractivity (Wildman–Crippen MR) is 73.7 cm³/mol. The second kappa shape index (κ2) is 7.22. The van der Waals surface area contributed by atoms with E-state index in [-0.39, 0.29) is 64.2 Å². The average Bonchev–Trinajstić information content (AvgIpc) is 2.67. The molecule has 2 heteroatoms. The Bertz CT molecular complexity index is 437. The van der Waals surface area contributed by atoms with E-state index in [9.17, 15) is 0 Å². The Kier molecular flexibility index (Phi) is 7.46. The number of hydrogen-bond donors (Lipinski definition) is 0. The molecular formula is C15H18KS-. The molecule has 0 radical (unpaired) electrons. The average molecular weight is 269 g/mol. The Morgan fingerprint density at radius 2 is 1.65 bits per heavy atom. The third-order valence-corrected chi connectivity index (χ3v) is 3.31. The van der Waals surface area contributed by atoms with Gasteiger partial charge in [-0.3, -0.25) is 11.3 Å². The van der Waals surface area contributed by atoms with Crippen molar-refractivity contribution >= 4 is 11.3 Å². The van der Waals surface area contributed by atoms with Gasteiger partial charge in [-0.2, -0.15) is 11.6 Å². The van der Waals surface area contributed by atoms with E-state index in [1.165, 1.54) is 16.0 Å². The summed E-state index contributed by atoms with van der Waals surface area (Å²) in [4.78, 5) is 1.31. The molecule has 0 unspecified atom stereocenters. The van der Waals surface area contributed by atoms with Gasteiger partial charge in [0.15, 0.2) is 0 Å². The van der Waals surface area contributed by atoms with Gasteiger partial charge in [-0.25, -0.2) is 0 Å². The molecule has 2 aromatic rings. The van der Waals surface area contributed by atoms with Crippen molar-refractivity contribution in [3.05, 3.63) is 54.8 Å². The van der Waals surface area contributed by atoms with Crippen molar-refractivity contribution in [2.75, 3.05) is 0 Å². The van der Waals surface area contributed by atoms with Gasteiger partial charge >= 0.3 is 51.4 Å². The fourth-order valence-electron chi connectivity index (χ4n) is 1.41. The van der Waals surface area contributed by atoms with Crippen LogP contribution in [0.1, 0.15) is 26.3 Å². The Labute approximate surface area is 152 Å². The fourth-order valence-corrected chi connectivity index (χ4v) is 2.43. The van der Waals surface area contributed by atoms with Gasteiger partial charge in [-0.15, -0.1) is 10.3 Å². The van der Waals surface area contributed by atoms with Crippen LogP contribution in [0.2, 0.25) is 0 Å². The van der Waals surface area contributed by atoms with Crippen molar-refractivity contribution in [3.63, 3.8) is 0 Å². The molecule has 0 saturated carbocycles. The van der Waals surface area contributed by atoms with Gasteiger partial charge in [0.25, 0.3) is 0 Å². The van der Waals surface area contributed by atoms with Crippen molar-refractivity contribution in [2.24, 2.45) is 0 Å². The summed E-state index contributed by atoms with van der Waals surface area (Å²) < 4.78 is 0. The number of benzene rings is 1. The first kappa shape index (κ1) is 17.6. The molecule has 1 heterocycles. The minimum Gasteiger partial charge on any atom is -0.358 e. The summed E-state index contributed by atoms with van der Waals surface area (Å²) in [6.07, 6.45) is 0. The quantitative estimate of drug-likeness (QED) is 0.548. The first-order valence-electron chi connectivity index (χ1n) is 5.15. The Balaban J connectivity index is 0.00000128. The molecule has 1 aromatic carbocycles. The molecule has 0 aliphatic rings. The van der Waals surface area contributed by atoms with Gasteiger partial charge in [0.1, 0.15) is 0 Å². The zero-order chi connectivity index (χ0) is 10.9. The van der Waals surface area contributed by atoms with Gasteiger partial charge in [-0.05, 0) is 5.41 Å². The van der Waals surface area contributed by atoms with E-state index >= 15 is 0 Å². The topological polar surface area (TPSA) is 0 Å². The van der Waals surface area contributed by atoms with Gasteiger partial charge in [0, 0.05) is 0 Å². The maximum atomic E-state index is 3.39. The third-order valence-electron chi connectivity index (χ3n) is 2.41. The summed E-state index contributed by atoms with van der Waals surface area (Å²) in [7, 11) is 0. The maximum absolute atomic E-state index is 3.39. The summed E-state index contributed by atoms with van der Waals surface area (Å²) in [5.74, 6) is 0. The standard InChI is InChI=1S/C14H15S.CH3.K/c1-14(2,3)12-9-13(15-10-12)11-7-5-4-6-8-11;;/h4-9H,1-3H3;1H3;/q2*-1;+1. The van der Waals surface area contributed by atoms with Crippen LogP contribution in [0.15, 0.2) is 36.4 Å². The smallest absolute Gasteiger partial charge is 0.358 e. The minimum absolute atomic E-state index is 0. The van der Waals surface area contributed by atoms with Gasteiger partial charge in [0.2, 0.25) is 0 Å². The Morgan fingerprint density at radius 3 is 2.12 bits per heavy atom. The summed E-state index contributed by atoms with van der Waals surface area (Å²) in [6, 6.07) is 12.7. The monoisotopic (exact) mass is 269 g/mol. The van der Waals surface area contributed by atoms with E-state index in [0.717, 1.165) is 0 Å². The van der Waals surface area contributed by atoms with Crippen molar-refractivity contribution in [1.82, 2.24) is 0 Å². The van der Waals surface area contributed by atoms with Crippen molar-refractivity contribution in [1.29, 1.82) is 0 Å². The first-order chi connectivity index (χ1) is 7.07. The van der Waals surface area contributed by atoms with Crippen LogP contribution in [0.3, 0.4) is 0 Å². The van der Waals surface area contributed by atoms with Crippen molar-refractivity contribution in [2.45, 2.75) is 26.2 Å². The molecule has 2 rings (SSSR count). The third kappa shape index (κ3) is 4.62. The van der Waals surface area contributed by atoms with Crippen LogP contribution < -0.4 is 51.4 Å². The zero-order valence-corrected chi connectivity index (χ0v) is 15.3. The fraction of sp³-hybridized carbons (Fsp3) is 0.267. The molecule has 0 aliphatic heterocycles. The van der Waals surface area contributed by atoms with Crippen LogP contribution >= 0.6 is 11.3 Å². The van der Waals surface area contributed by atoms with Gasteiger partial charge in [-0.1, -0.05) is 56.7 Å². The van der Waals surface area contributed by atoms with Crippen LogP contribution in [0, 0.1) is 12.8 Å². The van der Waals surface area contributed by atoms with Crippen molar-refractivity contribution < 1.29 is 51.4 Å². The molecule has 0 bridgehead atoms. The summed E-state index contributed by atoms with van der Waals surface area (Å²) >= 11 is 1.70. The molecule has 17 heavy (non-hydrogen) atoms. The summed E-state index contributed by atoms with van der Waals surface area (Å²) in [5, 5.41) is 3.39. The Hall–Kier alpha value is 0.556. The molecule has 0 aliphatic carbocycles. The van der Waals surface area contributed by atoms with E-state index in [1.54, 1.807) is 11.3 Å². The molecule has 0 N–H and O–H groups in total. The van der Waals surface area contributed by atoms with E-state index in [0.29, 0.717) is 0 Å². The summed E-state index contributed by atoms with van der Waals surface area (Å²) in [6.45, 7) is 6.67. The summed E-state index contributed by atoms with van der Waals surface area (Å²) in [5.41, 5.74) is 2.78. The van der Waals surface area contributed by atoms with Crippen LogP contribution in [-0.2, 0) is 5.41 Å². The first-order valence-corrected chi connectivity index (χ1v) is 5.96. The second-order valence-corrected chi connectivity index (χ2v) is 5.59. The maximum Gasteiger partial charge on any atom is 1.00 e. The van der Waals surface area contributed by atoms with E-state index < -0.39 is 0 Å². The van der Waals surface area contributed by atoms with E-state index in [4.69, 9.17) is 0 Å². The van der Waals surface area contributed by atoms with Gasteiger partial charge < -0.3 is 7.43 Å². The number of rotatable bonds is 1. The van der Waals surface area contributed by atoms with Crippen LogP contribution in [0.25, 0.3) is 10.4 Å². The molecule has 0 nitrogen and oxygen atoms in total. The molecular weight excluding hydrogens is 251 g/mol. The molecule has 86 valence electrons. The zero-order valence-electron chi connectivity index (χ0n) is 11.4. The largest absolute Gasteiger partial charge is 1.00 e. The Morgan fingerprint density at radius 1 is 1.06 bits per heavy atom. The van der Waals surface area contributed by atoms with E-state index in [2.05, 4.69) is 56.5 Å². The van der Waals surface area contributed by atoms with Crippen LogP contribution in [0.4, 0.5) is 0 Å².